The normalized spacial score (nSPS) is 20.6. The number of thiophene rings is 1. The lowest BCUT2D eigenvalue weighted by atomic mass is 9.89. The molecule has 1 atom stereocenters. The second kappa shape index (κ2) is 8.13. The first-order valence-electron chi connectivity index (χ1n) is 10.6. The molecule has 1 aliphatic heterocycles. The summed E-state index contributed by atoms with van der Waals surface area (Å²) in [6, 6.07) is 4.68. The summed E-state index contributed by atoms with van der Waals surface area (Å²) in [4.78, 5) is 29.3. The molecule has 0 radical (unpaired) electrons. The molecule has 1 saturated heterocycles. The number of carbonyl (C=O) groups is 1. The van der Waals surface area contributed by atoms with Crippen LogP contribution in [0.3, 0.4) is 0 Å². The number of aromatic nitrogens is 3. The fourth-order valence-corrected chi connectivity index (χ4v) is 5.56. The molecule has 1 aliphatic carbocycles. The largest absolute Gasteiger partial charge is 0.377 e. The first-order valence-corrected chi connectivity index (χ1v) is 11.5. The summed E-state index contributed by atoms with van der Waals surface area (Å²) in [5.74, 6) is 0.456. The number of hydrogen-bond donors (Lipinski definition) is 1. The van der Waals surface area contributed by atoms with E-state index >= 15 is 0 Å². The van der Waals surface area contributed by atoms with E-state index in [0.717, 1.165) is 36.1 Å². The third-order valence-corrected chi connectivity index (χ3v) is 7.25. The van der Waals surface area contributed by atoms with Crippen molar-refractivity contribution in [3.63, 3.8) is 0 Å². The second-order valence-electron chi connectivity index (χ2n) is 8.34. The highest BCUT2D eigenvalue weighted by atomic mass is 32.1. The number of rotatable bonds is 6. The summed E-state index contributed by atoms with van der Waals surface area (Å²) in [6.07, 6.45) is 5.95. The van der Waals surface area contributed by atoms with Crippen LogP contribution < -0.4 is 10.9 Å². The second-order valence-corrected chi connectivity index (χ2v) is 9.24. The van der Waals surface area contributed by atoms with Crippen LogP contribution in [-0.4, -0.2) is 57.3 Å². The van der Waals surface area contributed by atoms with Gasteiger partial charge in [-0.05, 0) is 49.7 Å². The third-order valence-electron chi connectivity index (χ3n) is 6.33. The van der Waals surface area contributed by atoms with Crippen molar-refractivity contribution in [1.29, 1.82) is 0 Å². The van der Waals surface area contributed by atoms with Gasteiger partial charge in [-0.15, -0.1) is 11.3 Å². The lowest BCUT2D eigenvalue weighted by Gasteiger charge is -2.42. The van der Waals surface area contributed by atoms with Gasteiger partial charge >= 0.3 is 0 Å². The molecule has 2 fully saturated rings. The Labute approximate surface area is 178 Å². The van der Waals surface area contributed by atoms with E-state index < -0.39 is 0 Å². The van der Waals surface area contributed by atoms with Gasteiger partial charge in [-0.1, -0.05) is 6.42 Å². The van der Waals surface area contributed by atoms with Crippen LogP contribution in [0.2, 0.25) is 0 Å². The number of nitrogens with zero attached hydrogens (tertiary/aromatic N) is 4. The van der Waals surface area contributed by atoms with E-state index in [1.54, 1.807) is 18.4 Å². The van der Waals surface area contributed by atoms with Gasteiger partial charge in [-0.2, -0.15) is 5.10 Å². The van der Waals surface area contributed by atoms with Crippen LogP contribution in [0.1, 0.15) is 37.9 Å². The Bertz CT molecular complexity index is 1130. The van der Waals surface area contributed by atoms with Crippen molar-refractivity contribution in [1.82, 2.24) is 24.4 Å². The zero-order valence-corrected chi connectivity index (χ0v) is 18.0. The van der Waals surface area contributed by atoms with Gasteiger partial charge in [-0.25, -0.2) is 4.68 Å². The average molecular weight is 430 g/mol. The predicted octanol–water partition coefficient (Wildman–Crippen LogP) is 1.99. The van der Waals surface area contributed by atoms with E-state index in [-0.39, 0.29) is 30.7 Å². The highest BCUT2D eigenvalue weighted by Gasteiger charge is 2.30. The highest BCUT2D eigenvalue weighted by Crippen LogP contribution is 2.27. The Kier molecular flexibility index (Phi) is 5.34. The monoisotopic (exact) mass is 429 g/mol. The summed E-state index contributed by atoms with van der Waals surface area (Å²) in [5.41, 5.74) is 0.272. The van der Waals surface area contributed by atoms with Gasteiger partial charge in [0.25, 0.3) is 5.56 Å². The van der Waals surface area contributed by atoms with Gasteiger partial charge in [0.1, 0.15) is 23.5 Å². The van der Waals surface area contributed by atoms with E-state index in [1.807, 2.05) is 21.9 Å². The fourth-order valence-electron chi connectivity index (χ4n) is 4.65. The molecule has 8 nitrogen and oxygen atoms in total. The van der Waals surface area contributed by atoms with Crippen molar-refractivity contribution < 1.29 is 9.53 Å². The summed E-state index contributed by atoms with van der Waals surface area (Å²) in [7, 11) is 1.60. The van der Waals surface area contributed by atoms with Crippen molar-refractivity contribution in [2.75, 3.05) is 20.2 Å². The van der Waals surface area contributed by atoms with Gasteiger partial charge < -0.3 is 10.1 Å². The van der Waals surface area contributed by atoms with E-state index in [9.17, 15) is 9.59 Å². The van der Waals surface area contributed by atoms with Crippen LogP contribution in [0.15, 0.2) is 22.3 Å². The number of likely N-dealkylation sites (tertiary alicyclic amines) is 1. The van der Waals surface area contributed by atoms with Crippen molar-refractivity contribution in [3.8, 4) is 0 Å². The first-order chi connectivity index (χ1) is 14.6. The predicted molar refractivity (Wildman–Crippen MR) is 116 cm³/mol. The van der Waals surface area contributed by atoms with E-state index in [4.69, 9.17) is 4.74 Å². The molecule has 5 rings (SSSR count). The Balaban J connectivity index is 1.36. The number of methoxy groups -OCH3 is 1. The zero-order valence-electron chi connectivity index (χ0n) is 17.2. The topological polar surface area (TPSA) is 80.9 Å². The Morgan fingerprint density at radius 3 is 2.97 bits per heavy atom. The van der Waals surface area contributed by atoms with Crippen LogP contribution in [-0.2, 0) is 22.7 Å². The maximum atomic E-state index is 13.0. The quantitative estimate of drug-likeness (QED) is 0.648. The van der Waals surface area contributed by atoms with E-state index in [2.05, 4.69) is 15.3 Å². The number of carbonyl (C=O) groups excluding carboxylic acids is 1. The summed E-state index contributed by atoms with van der Waals surface area (Å²) < 4.78 is 8.42. The molecule has 30 heavy (non-hydrogen) atoms. The molecule has 4 heterocycles. The molecule has 0 spiro atoms. The van der Waals surface area contributed by atoms with E-state index in [1.165, 1.54) is 23.9 Å². The van der Waals surface area contributed by atoms with Crippen LogP contribution in [0.25, 0.3) is 15.7 Å². The minimum atomic E-state index is -0.256. The Morgan fingerprint density at radius 1 is 1.33 bits per heavy atom. The maximum Gasteiger partial charge on any atom is 0.291 e. The molecular weight excluding hydrogens is 402 g/mol. The summed E-state index contributed by atoms with van der Waals surface area (Å²) in [5, 5.41) is 10.6. The van der Waals surface area contributed by atoms with Crippen molar-refractivity contribution in [2.24, 2.45) is 0 Å². The molecule has 1 saturated carbocycles. The number of nitrogens with one attached hydrogen (secondary N) is 1. The van der Waals surface area contributed by atoms with Gasteiger partial charge in [0.2, 0.25) is 5.91 Å². The van der Waals surface area contributed by atoms with E-state index in [0.29, 0.717) is 17.4 Å². The van der Waals surface area contributed by atoms with Crippen molar-refractivity contribution in [2.45, 2.75) is 57.3 Å². The minimum absolute atomic E-state index is 0.0786. The molecule has 1 amide bonds. The number of piperidine rings is 1. The van der Waals surface area contributed by atoms with Crippen LogP contribution >= 0.6 is 11.3 Å². The SMILES string of the molecule is COCc1nn(CC(=O)N[C@@H]2CCCN(C3CCC3)C2)c(=O)c2cc3ccsc3n12. The molecule has 1 N–H and O–H groups in total. The molecule has 160 valence electrons. The molecule has 0 bridgehead atoms. The molecule has 2 aliphatic rings. The first kappa shape index (κ1) is 19.7. The molecule has 0 aromatic carbocycles. The zero-order chi connectivity index (χ0) is 20.7. The van der Waals surface area contributed by atoms with Crippen LogP contribution in [0, 0.1) is 0 Å². The smallest absolute Gasteiger partial charge is 0.291 e. The molecular formula is C21H27N5O3S. The van der Waals surface area contributed by atoms with Crippen molar-refractivity contribution >= 4 is 33.0 Å². The molecule has 0 unspecified atom stereocenters. The van der Waals surface area contributed by atoms with Crippen molar-refractivity contribution in [3.05, 3.63) is 33.7 Å². The molecule has 3 aromatic heterocycles. The van der Waals surface area contributed by atoms with Crippen LogP contribution in [0.5, 0.6) is 0 Å². The standard InChI is InChI=1S/C21H27N5O3S/c1-29-13-18-23-25(20(28)17-10-14-7-9-30-21(14)26(17)18)12-19(27)22-15-4-3-8-24(11-15)16-5-2-6-16/h7,9-10,15-16H,2-6,8,11-13H2,1H3,(H,22,27)/t15-/m1/s1. The number of hydrogen-bond acceptors (Lipinski definition) is 6. The van der Waals surface area contributed by atoms with Crippen LogP contribution in [0.4, 0.5) is 0 Å². The van der Waals surface area contributed by atoms with Gasteiger partial charge in [0.05, 0.1) is 0 Å². The minimum Gasteiger partial charge on any atom is -0.377 e. The van der Waals surface area contributed by atoms with Gasteiger partial charge in [0.15, 0.2) is 5.82 Å². The highest BCUT2D eigenvalue weighted by molar-refractivity contribution is 7.16. The molecule has 3 aromatic rings. The fraction of sp³-hybridized carbons (Fsp3) is 0.571. The Hall–Kier alpha value is -2.23. The van der Waals surface area contributed by atoms with Gasteiger partial charge in [-0.3, -0.25) is 18.9 Å². The maximum absolute atomic E-state index is 13.0. The summed E-state index contributed by atoms with van der Waals surface area (Å²) >= 11 is 1.56. The van der Waals surface area contributed by atoms with Gasteiger partial charge in [0, 0.05) is 31.1 Å². The third kappa shape index (κ3) is 3.55. The Morgan fingerprint density at radius 2 is 2.20 bits per heavy atom. The lowest BCUT2D eigenvalue weighted by Crippen LogP contribution is -2.53. The molecule has 9 heteroatoms. The summed E-state index contributed by atoms with van der Waals surface area (Å²) in [6.45, 7) is 2.21. The number of ether oxygens (including phenoxy) is 1. The lowest BCUT2D eigenvalue weighted by molar-refractivity contribution is -0.123. The average Bonchev–Trinajstić information content (AvgIpc) is 3.26. The number of amides is 1. The number of fused-ring (bicyclic) bond motifs is 3.